The number of rotatable bonds is 2. The number of fused-ring (bicyclic) bond motifs is 3. The first-order valence-corrected chi connectivity index (χ1v) is 9.32. The summed E-state index contributed by atoms with van der Waals surface area (Å²) in [5.41, 5.74) is 4.81. The summed E-state index contributed by atoms with van der Waals surface area (Å²) >= 11 is 0. The number of hydrogen-bond donors (Lipinski definition) is 0. The Labute approximate surface area is 163 Å². The molecule has 1 atom stereocenters. The third kappa shape index (κ3) is 2.78. The van der Waals surface area contributed by atoms with Gasteiger partial charge in [-0.15, -0.1) is 0 Å². The van der Waals surface area contributed by atoms with E-state index in [0.717, 1.165) is 22.4 Å². The molecule has 1 aromatic heterocycles. The quantitative estimate of drug-likeness (QED) is 0.616. The van der Waals surface area contributed by atoms with Gasteiger partial charge in [-0.05, 0) is 55.7 Å². The van der Waals surface area contributed by atoms with Gasteiger partial charge in [0.1, 0.15) is 17.4 Å². The van der Waals surface area contributed by atoms with Gasteiger partial charge in [-0.1, -0.05) is 12.1 Å². The molecule has 144 valence electrons. The Kier molecular flexibility index (Phi) is 4.26. The molecule has 3 aromatic rings. The molecule has 4 rings (SSSR count). The summed E-state index contributed by atoms with van der Waals surface area (Å²) in [5, 5.41) is 0.709. The Balaban J connectivity index is 1.88. The summed E-state index contributed by atoms with van der Waals surface area (Å²) < 4.78 is 11.8. The molecule has 0 spiro atoms. The standard InChI is InChI=1S/C23H23NO4/c1-12-10-19-21(13(2)14(3)23(26)28-19)22-20(12)17(25)11-18(27-22)15-6-8-16(9-7-15)24(4)5/h6-10,18H,11H2,1-5H3. The molecule has 0 saturated heterocycles. The Morgan fingerprint density at radius 1 is 1.00 bits per heavy atom. The third-order valence-corrected chi connectivity index (χ3v) is 5.58. The highest BCUT2D eigenvalue weighted by molar-refractivity contribution is 6.07. The molecule has 1 aliphatic rings. The zero-order valence-corrected chi connectivity index (χ0v) is 16.8. The van der Waals surface area contributed by atoms with Gasteiger partial charge in [0, 0.05) is 25.3 Å². The van der Waals surface area contributed by atoms with Crippen LogP contribution < -0.4 is 15.3 Å². The fourth-order valence-electron chi connectivity index (χ4n) is 3.80. The van der Waals surface area contributed by atoms with Gasteiger partial charge in [-0.25, -0.2) is 4.79 Å². The van der Waals surface area contributed by atoms with Crippen molar-refractivity contribution in [2.75, 3.05) is 19.0 Å². The lowest BCUT2D eigenvalue weighted by Gasteiger charge is -2.28. The van der Waals surface area contributed by atoms with Crippen LogP contribution in [0.5, 0.6) is 5.75 Å². The second-order valence-corrected chi connectivity index (χ2v) is 7.63. The maximum absolute atomic E-state index is 13.0. The normalized spacial score (nSPS) is 16.0. The van der Waals surface area contributed by atoms with Crippen molar-refractivity contribution in [3.8, 4) is 5.75 Å². The van der Waals surface area contributed by atoms with Crippen molar-refractivity contribution in [2.45, 2.75) is 33.3 Å². The number of hydrogen-bond acceptors (Lipinski definition) is 5. The number of anilines is 1. The highest BCUT2D eigenvalue weighted by atomic mass is 16.5. The molecule has 2 aromatic carbocycles. The van der Waals surface area contributed by atoms with Crippen LogP contribution in [0.1, 0.15) is 45.1 Å². The van der Waals surface area contributed by atoms with Crippen molar-refractivity contribution in [2.24, 2.45) is 0 Å². The maximum atomic E-state index is 13.0. The van der Waals surface area contributed by atoms with E-state index in [0.29, 0.717) is 27.8 Å². The second-order valence-electron chi connectivity index (χ2n) is 7.63. The number of nitrogens with zero attached hydrogens (tertiary/aromatic N) is 1. The molecule has 2 heterocycles. The SMILES string of the molecule is Cc1cc2oc(=O)c(C)c(C)c2c2c1C(=O)CC(c1ccc(N(C)C)cc1)O2. The first kappa shape index (κ1) is 18.3. The maximum Gasteiger partial charge on any atom is 0.339 e. The summed E-state index contributed by atoms with van der Waals surface area (Å²) in [6.07, 6.45) is -0.0806. The van der Waals surface area contributed by atoms with E-state index in [2.05, 4.69) is 0 Å². The fraction of sp³-hybridized carbons (Fsp3) is 0.304. The number of Topliss-reactive ketones (excluding diaryl/α,β-unsaturated/α-hetero) is 1. The molecule has 0 aliphatic carbocycles. The Hall–Kier alpha value is -3.08. The molecule has 0 fully saturated rings. The van der Waals surface area contributed by atoms with E-state index in [4.69, 9.17) is 9.15 Å². The van der Waals surface area contributed by atoms with Gasteiger partial charge in [0.25, 0.3) is 0 Å². The van der Waals surface area contributed by atoms with E-state index >= 15 is 0 Å². The van der Waals surface area contributed by atoms with Gasteiger partial charge in [0.2, 0.25) is 0 Å². The lowest BCUT2D eigenvalue weighted by molar-refractivity contribution is 0.0852. The summed E-state index contributed by atoms with van der Waals surface area (Å²) in [6.45, 7) is 5.45. The Morgan fingerprint density at radius 3 is 2.32 bits per heavy atom. The molecule has 1 unspecified atom stereocenters. The molecule has 0 radical (unpaired) electrons. The van der Waals surface area contributed by atoms with E-state index in [1.807, 2.05) is 57.1 Å². The molecule has 5 nitrogen and oxygen atoms in total. The van der Waals surface area contributed by atoms with Crippen LogP contribution in [0, 0.1) is 20.8 Å². The summed E-state index contributed by atoms with van der Waals surface area (Å²) in [7, 11) is 3.97. The number of carbonyl (C=O) groups is 1. The zero-order valence-electron chi connectivity index (χ0n) is 16.8. The minimum atomic E-state index is -0.368. The molecule has 0 amide bonds. The highest BCUT2D eigenvalue weighted by Crippen LogP contribution is 2.43. The summed E-state index contributed by atoms with van der Waals surface area (Å²) in [5.74, 6) is 0.572. The van der Waals surface area contributed by atoms with Gasteiger partial charge < -0.3 is 14.1 Å². The van der Waals surface area contributed by atoms with Gasteiger partial charge in [-0.2, -0.15) is 0 Å². The first-order valence-electron chi connectivity index (χ1n) is 9.32. The average Bonchev–Trinajstić information content (AvgIpc) is 2.65. The Bertz CT molecular complexity index is 1160. The zero-order chi connectivity index (χ0) is 20.2. The van der Waals surface area contributed by atoms with Crippen LogP contribution in [0.3, 0.4) is 0 Å². The van der Waals surface area contributed by atoms with Crippen molar-refractivity contribution in [3.05, 3.63) is 68.6 Å². The monoisotopic (exact) mass is 377 g/mol. The highest BCUT2D eigenvalue weighted by Gasteiger charge is 2.32. The molecular weight excluding hydrogens is 354 g/mol. The van der Waals surface area contributed by atoms with Crippen LogP contribution in [0.2, 0.25) is 0 Å². The second kappa shape index (κ2) is 6.51. The largest absolute Gasteiger partial charge is 0.484 e. The van der Waals surface area contributed by atoms with Crippen LogP contribution >= 0.6 is 0 Å². The van der Waals surface area contributed by atoms with Crippen molar-refractivity contribution < 1.29 is 13.9 Å². The van der Waals surface area contributed by atoms with Crippen LogP contribution in [0.15, 0.2) is 39.5 Å². The van der Waals surface area contributed by atoms with Gasteiger partial charge in [0.05, 0.1) is 17.4 Å². The van der Waals surface area contributed by atoms with Crippen molar-refractivity contribution in [3.63, 3.8) is 0 Å². The lowest BCUT2D eigenvalue weighted by atomic mass is 9.90. The molecule has 28 heavy (non-hydrogen) atoms. The molecule has 0 bridgehead atoms. The molecule has 5 heteroatoms. The van der Waals surface area contributed by atoms with E-state index in [1.165, 1.54) is 0 Å². The number of carbonyl (C=O) groups excluding carboxylic acids is 1. The number of benzene rings is 2. The predicted octanol–water partition coefficient (Wildman–Crippen LogP) is 4.49. The minimum absolute atomic E-state index is 0.0468. The third-order valence-electron chi connectivity index (χ3n) is 5.58. The van der Waals surface area contributed by atoms with Crippen molar-refractivity contribution in [1.82, 2.24) is 0 Å². The van der Waals surface area contributed by atoms with Crippen LogP contribution in [0.4, 0.5) is 5.69 Å². The van der Waals surface area contributed by atoms with Crippen LogP contribution in [-0.4, -0.2) is 19.9 Å². The Morgan fingerprint density at radius 2 is 1.68 bits per heavy atom. The van der Waals surface area contributed by atoms with Crippen molar-refractivity contribution in [1.29, 1.82) is 0 Å². The molecular formula is C23H23NO4. The van der Waals surface area contributed by atoms with Gasteiger partial charge in [0.15, 0.2) is 5.78 Å². The van der Waals surface area contributed by atoms with Crippen LogP contribution in [-0.2, 0) is 0 Å². The average molecular weight is 377 g/mol. The molecule has 0 N–H and O–H groups in total. The van der Waals surface area contributed by atoms with Gasteiger partial charge >= 0.3 is 5.63 Å². The summed E-state index contributed by atoms with van der Waals surface area (Å²) in [6, 6.07) is 9.78. The summed E-state index contributed by atoms with van der Waals surface area (Å²) in [4.78, 5) is 27.1. The van der Waals surface area contributed by atoms with Gasteiger partial charge in [-0.3, -0.25) is 4.79 Å². The molecule has 1 aliphatic heterocycles. The van der Waals surface area contributed by atoms with Crippen LogP contribution in [0.25, 0.3) is 11.0 Å². The van der Waals surface area contributed by atoms with E-state index in [9.17, 15) is 9.59 Å². The predicted molar refractivity (Wildman–Crippen MR) is 110 cm³/mol. The topological polar surface area (TPSA) is 59.8 Å². The van der Waals surface area contributed by atoms with E-state index < -0.39 is 0 Å². The van der Waals surface area contributed by atoms with Crippen molar-refractivity contribution >= 4 is 22.4 Å². The first-order chi connectivity index (χ1) is 13.3. The number of aryl methyl sites for hydroxylation is 2. The van der Waals surface area contributed by atoms with E-state index in [1.54, 1.807) is 13.0 Å². The minimum Gasteiger partial charge on any atom is -0.484 e. The molecule has 0 saturated carbocycles. The smallest absolute Gasteiger partial charge is 0.339 e. The number of ketones is 1. The fourth-order valence-corrected chi connectivity index (χ4v) is 3.80. The number of ether oxygens (including phenoxy) is 1. The lowest BCUT2D eigenvalue weighted by Crippen LogP contribution is -2.22. The van der Waals surface area contributed by atoms with E-state index in [-0.39, 0.29) is 23.9 Å².